The molecule has 0 aliphatic heterocycles. The van der Waals surface area contributed by atoms with Crippen LogP contribution in [0.5, 0.6) is 5.75 Å². The van der Waals surface area contributed by atoms with Gasteiger partial charge < -0.3 is 4.74 Å². The van der Waals surface area contributed by atoms with Gasteiger partial charge in [0.05, 0.1) is 18.5 Å². The van der Waals surface area contributed by atoms with E-state index in [0.717, 1.165) is 34.7 Å². The van der Waals surface area contributed by atoms with Crippen LogP contribution in [0.1, 0.15) is 27.8 Å². The maximum atomic E-state index is 5.18. The Labute approximate surface area is 189 Å². The van der Waals surface area contributed by atoms with E-state index >= 15 is 0 Å². The van der Waals surface area contributed by atoms with E-state index in [1.807, 2.05) is 36.7 Å². The highest BCUT2D eigenvalue weighted by Gasteiger charge is 1.98. The zero-order chi connectivity index (χ0) is 22.2. The first-order valence-corrected chi connectivity index (χ1v) is 10.6. The highest BCUT2D eigenvalue weighted by molar-refractivity contribution is 5.82. The van der Waals surface area contributed by atoms with Crippen molar-refractivity contribution in [2.24, 2.45) is 9.98 Å². The van der Waals surface area contributed by atoms with Crippen molar-refractivity contribution >= 4 is 23.8 Å². The second-order valence-corrected chi connectivity index (χ2v) is 7.71. The third-order valence-electron chi connectivity index (χ3n) is 5.20. The van der Waals surface area contributed by atoms with E-state index in [9.17, 15) is 0 Å². The number of benzene rings is 4. The van der Waals surface area contributed by atoms with Gasteiger partial charge in [0, 0.05) is 12.4 Å². The van der Waals surface area contributed by atoms with Gasteiger partial charge in [0.1, 0.15) is 5.75 Å². The van der Waals surface area contributed by atoms with Gasteiger partial charge in [0.15, 0.2) is 0 Å². The minimum absolute atomic E-state index is 0.845. The van der Waals surface area contributed by atoms with E-state index in [-0.39, 0.29) is 0 Å². The van der Waals surface area contributed by atoms with Gasteiger partial charge in [-0.15, -0.1) is 0 Å². The lowest BCUT2D eigenvalue weighted by Gasteiger charge is -2.04. The van der Waals surface area contributed by atoms with Crippen LogP contribution in [0, 0.1) is 6.92 Å². The monoisotopic (exact) mass is 418 g/mol. The van der Waals surface area contributed by atoms with Gasteiger partial charge in [0.2, 0.25) is 0 Å². The fourth-order valence-electron chi connectivity index (χ4n) is 3.28. The number of rotatable bonds is 7. The minimum Gasteiger partial charge on any atom is -0.497 e. The Bertz CT molecular complexity index is 1190. The molecule has 0 spiro atoms. The van der Waals surface area contributed by atoms with Crippen LogP contribution in [0.25, 0.3) is 0 Å². The summed E-state index contributed by atoms with van der Waals surface area (Å²) in [7, 11) is 1.67. The zero-order valence-electron chi connectivity index (χ0n) is 18.4. The first-order chi connectivity index (χ1) is 15.7. The van der Waals surface area contributed by atoms with Crippen molar-refractivity contribution in [1.29, 1.82) is 0 Å². The fourth-order valence-corrected chi connectivity index (χ4v) is 3.28. The molecule has 4 aromatic carbocycles. The van der Waals surface area contributed by atoms with Crippen molar-refractivity contribution in [3.05, 3.63) is 125 Å². The smallest absolute Gasteiger partial charge is 0.118 e. The molecule has 0 radical (unpaired) electrons. The number of hydrogen-bond donors (Lipinski definition) is 0. The summed E-state index contributed by atoms with van der Waals surface area (Å²) in [6.45, 7) is 2.09. The van der Waals surface area contributed by atoms with Crippen LogP contribution in [0.2, 0.25) is 0 Å². The summed E-state index contributed by atoms with van der Waals surface area (Å²) in [6.07, 6.45) is 4.65. The van der Waals surface area contributed by atoms with Crippen molar-refractivity contribution in [2.45, 2.75) is 13.3 Å². The number of hydrogen-bond acceptors (Lipinski definition) is 3. The van der Waals surface area contributed by atoms with Crippen LogP contribution in [-0.2, 0) is 6.42 Å². The summed E-state index contributed by atoms with van der Waals surface area (Å²) in [5, 5.41) is 0. The first-order valence-electron chi connectivity index (χ1n) is 10.6. The van der Waals surface area contributed by atoms with E-state index in [4.69, 9.17) is 4.74 Å². The van der Waals surface area contributed by atoms with Gasteiger partial charge in [-0.05, 0) is 84.1 Å². The molecule has 0 amide bonds. The molecule has 0 bridgehead atoms. The molecule has 0 aromatic heterocycles. The third kappa shape index (κ3) is 6.02. The molecule has 3 nitrogen and oxygen atoms in total. The molecule has 0 aliphatic rings. The first kappa shape index (κ1) is 21.3. The third-order valence-corrected chi connectivity index (χ3v) is 5.20. The molecular formula is C29H26N2O. The van der Waals surface area contributed by atoms with Gasteiger partial charge in [-0.2, -0.15) is 0 Å². The number of aliphatic imine (C=N–C) groups is 2. The molecular weight excluding hydrogens is 392 g/mol. The number of ether oxygens (including phenoxy) is 1. The highest BCUT2D eigenvalue weighted by Crippen LogP contribution is 2.19. The topological polar surface area (TPSA) is 34.0 Å². The summed E-state index contributed by atoms with van der Waals surface area (Å²) >= 11 is 0. The van der Waals surface area contributed by atoms with Crippen molar-refractivity contribution in [2.75, 3.05) is 7.11 Å². The maximum absolute atomic E-state index is 5.18. The molecule has 4 rings (SSSR count). The van der Waals surface area contributed by atoms with Crippen LogP contribution in [0.4, 0.5) is 11.4 Å². The van der Waals surface area contributed by atoms with Crippen molar-refractivity contribution in [3.63, 3.8) is 0 Å². The molecule has 0 N–H and O–H groups in total. The molecule has 32 heavy (non-hydrogen) atoms. The maximum Gasteiger partial charge on any atom is 0.118 e. The molecule has 0 saturated heterocycles. The Morgan fingerprint density at radius 1 is 0.594 bits per heavy atom. The largest absolute Gasteiger partial charge is 0.497 e. The molecule has 0 aliphatic carbocycles. The van der Waals surface area contributed by atoms with Crippen LogP contribution in [0.3, 0.4) is 0 Å². The Kier molecular flexibility index (Phi) is 6.88. The fraction of sp³-hybridized carbons (Fsp3) is 0.103. The second-order valence-electron chi connectivity index (χ2n) is 7.71. The van der Waals surface area contributed by atoms with E-state index < -0.39 is 0 Å². The van der Waals surface area contributed by atoms with Crippen LogP contribution < -0.4 is 4.74 Å². The summed E-state index contributed by atoms with van der Waals surface area (Å²) < 4.78 is 5.18. The van der Waals surface area contributed by atoms with Gasteiger partial charge in [-0.3, -0.25) is 9.98 Å². The molecule has 0 unspecified atom stereocenters. The predicted octanol–water partition coefficient (Wildman–Crippen LogP) is 7.10. The minimum atomic E-state index is 0.845. The van der Waals surface area contributed by atoms with Gasteiger partial charge in [0.25, 0.3) is 0 Å². The predicted molar refractivity (Wildman–Crippen MR) is 134 cm³/mol. The lowest BCUT2D eigenvalue weighted by molar-refractivity contribution is 0.415. The van der Waals surface area contributed by atoms with Crippen molar-refractivity contribution < 1.29 is 4.74 Å². The standard InChI is InChI=1S/C29H26N2O/c1-22-3-5-25(6-4-22)20-30-27-13-7-23(8-14-27)19-24-9-15-28(16-10-24)31-21-26-11-17-29(32-2)18-12-26/h3-18,20-21H,19H2,1-2H3. The average Bonchev–Trinajstić information content (AvgIpc) is 2.84. The number of nitrogens with zero attached hydrogens (tertiary/aromatic N) is 2. The van der Waals surface area contributed by atoms with E-state index in [1.54, 1.807) is 7.11 Å². The summed E-state index contributed by atoms with van der Waals surface area (Å²) in [4.78, 5) is 9.13. The summed E-state index contributed by atoms with van der Waals surface area (Å²) in [5.41, 5.74) is 7.80. The van der Waals surface area contributed by atoms with Crippen LogP contribution in [-0.4, -0.2) is 19.5 Å². The summed E-state index contributed by atoms with van der Waals surface area (Å²) in [5.74, 6) is 0.845. The molecule has 158 valence electrons. The second kappa shape index (κ2) is 10.4. The SMILES string of the molecule is COc1ccc(C=Nc2ccc(Cc3ccc(N=Cc4ccc(C)cc4)cc3)cc2)cc1. The van der Waals surface area contributed by atoms with Gasteiger partial charge in [-0.25, -0.2) is 0 Å². The lowest BCUT2D eigenvalue weighted by atomic mass is 10.0. The average molecular weight is 419 g/mol. The van der Waals surface area contributed by atoms with Crippen molar-refractivity contribution in [1.82, 2.24) is 0 Å². The number of aryl methyl sites for hydroxylation is 1. The zero-order valence-corrected chi connectivity index (χ0v) is 18.4. The quantitative estimate of drug-likeness (QED) is 0.295. The normalized spacial score (nSPS) is 11.3. The molecule has 3 heteroatoms. The lowest BCUT2D eigenvalue weighted by Crippen LogP contribution is -1.87. The molecule has 4 aromatic rings. The molecule has 0 saturated carbocycles. The van der Waals surface area contributed by atoms with E-state index in [1.165, 1.54) is 16.7 Å². The Hall–Kier alpha value is -3.98. The van der Waals surface area contributed by atoms with E-state index in [0.29, 0.717) is 0 Å². The Morgan fingerprint density at radius 2 is 1.03 bits per heavy atom. The summed E-state index contributed by atoms with van der Waals surface area (Å²) in [6, 6.07) is 33.0. The van der Waals surface area contributed by atoms with Crippen molar-refractivity contribution in [3.8, 4) is 5.75 Å². The van der Waals surface area contributed by atoms with E-state index in [2.05, 4.69) is 89.7 Å². The number of methoxy groups -OCH3 is 1. The van der Waals surface area contributed by atoms with Crippen LogP contribution in [0.15, 0.2) is 107 Å². The molecule has 0 fully saturated rings. The van der Waals surface area contributed by atoms with Gasteiger partial charge >= 0.3 is 0 Å². The molecule has 0 heterocycles. The van der Waals surface area contributed by atoms with Gasteiger partial charge in [-0.1, -0.05) is 54.1 Å². The highest BCUT2D eigenvalue weighted by atomic mass is 16.5. The Morgan fingerprint density at radius 3 is 1.47 bits per heavy atom. The molecule has 0 atom stereocenters. The van der Waals surface area contributed by atoms with Crippen LogP contribution >= 0.6 is 0 Å². The Balaban J connectivity index is 1.34.